The predicted molar refractivity (Wildman–Crippen MR) is 131 cm³/mol. The molecule has 1 saturated heterocycles. The van der Waals surface area contributed by atoms with Crippen LogP contribution in [0, 0.1) is 11.0 Å². The fourth-order valence-corrected chi connectivity index (χ4v) is 5.60. The number of anilines is 1. The Hall–Kier alpha value is -3.53. The molecular weight excluding hydrogens is 493 g/mol. The third kappa shape index (κ3) is 4.58. The van der Waals surface area contributed by atoms with E-state index in [2.05, 4.69) is 4.72 Å². The molecule has 0 aliphatic carbocycles. The minimum absolute atomic E-state index is 0.0244. The summed E-state index contributed by atoms with van der Waals surface area (Å²) >= 11 is 5.99. The summed E-state index contributed by atoms with van der Waals surface area (Å²) in [6, 6.07) is 16.3. The van der Waals surface area contributed by atoms with Gasteiger partial charge in [0.2, 0.25) is 15.9 Å². The summed E-state index contributed by atoms with van der Waals surface area (Å²) in [7, 11) is -3.99. The molecule has 2 heterocycles. The van der Waals surface area contributed by atoms with Gasteiger partial charge in [-0.2, -0.15) is 9.45 Å². The molecule has 5 rings (SSSR count). The summed E-state index contributed by atoms with van der Waals surface area (Å²) < 4.78 is 44.0. The van der Waals surface area contributed by atoms with Gasteiger partial charge in [0.15, 0.2) is 12.4 Å². The van der Waals surface area contributed by atoms with Crippen molar-refractivity contribution >= 4 is 44.0 Å². The number of halogens is 2. The second kappa shape index (κ2) is 8.92. The van der Waals surface area contributed by atoms with Crippen molar-refractivity contribution in [1.29, 1.82) is 0 Å². The van der Waals surface area contributed by atoms with Crippen LogP contribution in [0.2, 0.25) is 5.02 Å². The van der Waals surface area contributed by atoms with Crippen LogP contribution in [0.4, 0.5) is 10.1 Å². The Kier molecular flexibility index (Phi) is 5.92. The van der Waals surface area contributed by atoms with Crippen LogP contribution in [0.5, 0.6) is 0 Å². The fourth-order valence-electron chi connectivity index (χ4n) is 4.16. The number of nitrogens with one attached hydrogen (secondary N) is 1. The average molecular weight is 512 g/mol. The lowest BCUT2D eigenvalue weighted by Gasteiger charge is -2.19. The average Bonchev–Trinajstić information content (AvgIpc) is 3.18. The van der Waals surface area contributed by atoms with Gasteiger partial charge in [0.1, 0.15) is 11.9 Å². The van der Waals surface area contributed by atoms with Crippen LogP contribution in [0.1, 0.15) is 6.42 Å². The summed E-state index contributed by atoms with van der Waals surface area (Å²) in [4.78, 5) is 14.3. The summed E-state index contributed by atoms with van der Waals surface area (Å²) in [5.41, 5.74) is 1.27. The number of hydrogen-bond acceptors (Lipinski definition) is 4. The van der Waals surface area contributed by atoms with E-state index < -0.39 is 27.8 Å². The number of hydrogen-bond donors (Lipinski definition) is 1. The third-order valence-electron chi connectivity index (χ3n) is 5.96. The molecule has 1 fully saturated rings. The molecule has 1 atom stereocenters. The van der Waals surface area contributed by atoms with E-state index in [-0.39, 0.29) is 23.5 Å². The van der Waals surface area contributed by atoms with Crippen LogP contribution in [-0.2, 0) is 14.8 Å². The van der Waals surface area contributed by atoms with Gasteiger partial charge in [-0.25, -0.2) is 12.8 Å². The predicted octanol–water partition coefficient (Wildman–Crippen LogP) is 4.02. The molecule has 4 aromatic rings. The van der Waals surface area contributed by atoms with Crippen molar-refractivity contribution in [2.24, 2.45) is 0 Å². The molecule has 0 unspecified atom stereocenters. The van der Waals surface area contributed by atoms with Gasteiger partial charge >= 0.3 is 0 Å². The quantitative estimate of drug-likeness (QED) is 0.323. The Morgan fingerprint density at radius 3 is 2.43 bits per heavy atom. The molecule has 1 aliphatic rings. The summed E-state index contributed by atoms with van der Waals surface area (Å²) in [6.45, 7) is 0.167. The van der Waals surface area contributed by atoms with Crippen LogP contribution in [-0.4, -0.2) is 26.9 Å². The topological polar surface area (TPSA) is 93.4 Å². The number of pyridine rings is 1. The first-order chi connectivity index (χ1) is 16.7. The molecule has 0 radical (unpaired) electrons. The van der Waals surface area contributed by atoms with Crippen LogP contribution in [0.25, 0.3) is 21.9 Å². The Morgan fingerprint density at radius 2 is 1.69 bits per heavy atom. The van der Waals surface area contributed by atoms with Crippen molar-refractivity contribution in [2.45, 2.75) is 17.4 Å². The van der Waals surface area contributed by atoms with E-state index >= 15 is 0 Å². The zero-order valence-electron chi connectivity index (χ0n) is 18.2. The number of benzene rings is 3. The van der Waals surface area contributed by atoms with Crippen LogP contribution < -0.4 is 14.4 Å². The van der Waals surface area contributed by atoms with Crippen molar-refractivity contribution < 1.29 is 22.3 Å². The molecule has 1 amide bonds. The second-order valence-corrected chi connectivity index (χ2v) is 10.4. The molecule has 10 heteroatoms. The van der Waals surface area contributed by atoms with Crippen molar-refractivity contribution in [3.05, 3.63) is 95.2 Å². The standard InChI is InChI=1S/C25H19ClFN3O4S/c26-20-4-1-18-14-21(5-2-17(18)13-20)35(33,34)28-23-9-12-30(25(23)31)24-6-3-19(15-22(24)27)16-7-10-29(32)11-8-16/h1-8,10-11,13-15,23,28H,9,12H2/t23-/m0/s1. The Labute approximate surface area is 206 Å². The fraction of sp³-hybridized carbons (Fsp3) is 0.120. The number of amides is 1. The monoisotopic (exact) mass is 511 g/mol. The van der Waals surface area contributed by atoms with E-state index in [4.69, 9.17) is 11.6 Å². The molecule has 0 saturated carbocycles. The highest BCUT2D eigenvalue weighted by molar-refractivity contribution is 7.89. The summed E-state index contributed by atoms with van der Waals surface area (Å²) in [5.74, 6) is -1.15. The maximum absolute atomic E-state index is 14.9. The first-order valence-electron chi connectivity index (χ1n) is 10.7. The van der Waals surface area contributed by atoms with Gasteiger partial charge in [-0.3, -0.25) is 4.79 Å². The molecule has 1 aromatic heterocycles. The smallest absolute Gasteiger partial charge is 0.245 e. The van der Waals surface area contributed by atoms with Gasteiger partial charge in [-0.15, -0.1) is 0 Å². The lowest BCUT2D eigenvalue weighted by atomic mass is 10.1. The minimum atomic E-state index is -3.99. The number of nitrogens with zero attached hydrogens (tertiary/aromatic N) is 2. The molecule has 0 spiro atoms. The van der Waals surface area contributed by atoms with Crippen molar-refractivity contribution in [1.82, 2.24) is 4.72 Å². The third-order valence-corrected chi connectivity index (χ3v) is 7.67. The van der Waals surface area contributed by atoms with Gasteiger partial charge in [0, 0.05) is 23.7 Å². The van der Waals surface area contributed by atoms with Crippen LogP contribution in [0.3, 0.4) is 0 Å². The number of rotatable bonds is 5. The van der Waals surface area contributed by atoms with E-state index in [1.807, 2.05) is 0 Å². The Bertz CT molecular complexity index is 1560. The van der Waals surface area contributed by atoms with Gasteiger partial charge in [0.05, 0.1) is 10.6 Å². The van der Waals surface area contributed by atoms with Gasteiger partial charge in [-0.05, 0) is 64.7 Å². The highest BCUT2D eigenvalue weighted by atomic mass is 35.5. The molecule has 1 N–H and O–H groups in total. The van der Waals surface area contributed by atoms with E-state index in [1.165, 1.54) is 41.6 Å². The van der Waals surface area contributed by atoms with Gasteiger partial charge in [0.25, 0.3) is 0 Å². The van der Waals surface area contributed by atoms with E-state index in [0.717, 1.165) is 5.39 Å². The maximum atomic E-state index is 14.9. The molecule has 3 aromatic carbocycles. The Morgan fingerprint density at radius 1 is 0.971 bits per heavy atom. The SMILES string of the molecule is O=C1[C@@H](NS(=O)(=O)c2ccc3cc(Cl)ccc3c2)CCN1c1ccc(-c2cc[n+]([O-])cc2)cc1F. The largest absolute Gasteiger partial charge is 0.619 e. The van der Waals surface area contributed by atoms with E-state index in [0.29, 0.717) is 26.3 Å². The first-order valence-corrected chi connectivity index (χ1v) is 12.6. The Balaban J connectivity index is 1.35. The minimum Gasteiger partial charge on any atom is -0.619 e. The highest BCUT2D eigenvalue weighted by Crippen LogP contribution is 2.30. The summed E-state index contributed by atoms with van der Waals surface area (Å²) in [6.07, 6.45) is 2.82. The highest BCUT2D eigenvalue weighted by Gasteiger charge is 2.36. The van der Waals surface area contributed by atoms with Crippen molar-refractivity contribution in [2.75, 3.05) is 11.4 Å². The zero-order valence-corrected chi connectivity index (χ0v) is 19.8. The lowest BCUT2D eigenvalue weighted by molar-refractivity contribution is -0.605. The molecular formula is C25H19ClFN3O4S. The number of fused-ring (bicyclic) bond motifs is 1. The molecule has 35 heavy (non-hydrogen) atoms. The van der Waals surface area contributed by atoms with E-state index in [1.54, 1.807) is 42.5 Å². The molecule has 178 valence electrons. The molecule has 7 nitrogen and oxygen atoms in total. The first kappa shape index (κ1) is 23.2. The number of carbonyl (C=O) groups is 1. The number of sulfonamides is 1. The number of carbonyl (C=O) groups excluding carboxylic acids is 1. The van der Waals surface area contributed by atoms with Gasteiger partial charge in [-0.1, -0.05) is 29.8 Å². The lowest BCUT2D eigenvalue weighted by Crippen LogP contribution is -2.41. The second-order valence-electron chi connectivity index (χ2n) is 8.22. The van der Waals surface area contributed by atoms with E-state index in [9.17, 15) is 22.8 Å². The van der Waals surface area contributed by atoms with Crippen molar-refractivity contribution in [3.8, 4) is 11.1 Å². The zero-order chi connectivity index (χ0) is 24.7. The summed E-state index contributed by atoms with van der Waals surface area (Å²) in [5, 5.41) is 13.3. The number of aromatic nitrogens is 1. The van der Waals surface area contributed by atoms with Crippen LogP contribution in [0.15, 0.2) is 84.0 Å². The van der Waals surface area contributed by atoms with Crippen LogP contribution >= 0.6 is 11.6 Å². The van der Waals surface area contributed by atoms with Gasteiger partial charge < -0.3 is 10.1 Å². The maximum Gasteiger partial charge on any atom is 0.245 e. The van der Waals surface area contributed by atoms with Crippen molar-refractivity contribution in [3.63, 3.8) is 0 Å². The molecule has 0 bridgehead atoms. The normalized spacial score (nSPS) is 16.2. The molecule has 1 aliphatic heterocycles.